The fourth-order valence-electron chi connectivity index (χ4n) is 2.46. The summed E-state index contributed by atoms with van der Waals surface area (Å²) < 4.78 is 32.1. The molecule has 0 aliphatic heterocycles. The largest absolute Gasteiger partial charge is 0.478 e. The van der Waals surface area contributed by atoms with Crippen molar-refractivity contribution in [2.75, 3.05) is 7.05 Å². The Morgan fingerprint density at radius 2 is 1.66 bits per heavy atom. The number of nitrogens with zero attached hydrogens (tertiary/aromatic N) is 1. The van der Waals surface area contributed by atoms with Crippen LogP contribution >= 0.6 is 11.6 Å². The zero-order chi connectivity index (χ0) is 21.8. The third-order valence-electron chi connectivity index (χ3n) is 4.51. The summed E-state index contributed by atoms with van der Waals surface area (Å²) in [5.41, 5.74) is -0.302. The normalized spacial score (nSPS) is 12.3. The summed E-state index contributed by atoms with van der Waals surface area (Å²) in [4.78, 5) is 12.8. The Labute approximate surface area is 177 Å². The molecule has 0 bridgehead atoms. The summed E-state index contributed by atoms with van der Waals surface area (Å²) >= 11 is 5.86. The number of sulfonamides is 1. The van der Waals surface area contributed by atoms with Crippen LogP contribution in [0.3, 0.4) is 0 Å². The molecule has 0 heterocycles. The maximum absolute atomic E-state index is 12.5. The first kappa shape index (κ1) is 23.2. The van der Waals surface area contributed by atoms with Crippen LogP contribution in [0.1, 0.15) is 33.3 Å². The minimum Gasteiger partial charge on any atom is -0.478 e. The number of nitrogens with one attached hydrogen (secondary N) is 1. The Morgan fingerprint density at radius 1 is 1.10 bits per heavy atom. The van der Waals surface area contributed by atoms with Gasteiger partial charge < -0.3 is 10.1 Å². The molecule has 2 rings (SSSR count). The average molecular weight is 439 g/mol. The molecule has 8 heteroatoms. The van der Waals surface area contributed by atoms with Crippen LogP contribution in [0.2, 0.25) is 5.02 Å². The van der Waals surface area contributed by atoms with Gasteiger partial charge in [0.1, 0.15) is 5.75 Å². The predicted octanol–water partition coefficient (Wildman–Crippen LogP) is 3.84. The summed E-state index contributed by atoms with van der Waals surface area (Å²) in [6, 6.07) is 13.1. The van der Waals surface area contributed by atoms with Gasteiger partial charge in [-0.05, 0) is 69.7 Å². The van der Waals surface area contributed by atoms with Crippen LogP contribution in [-0.4, -0.2) is 37.3 Å². The zero-order valence-corrected chi connectivity index (χ0v) is 18.8. The Balaban J connectivity index is 2.00. The number of ether oxygens (including phenoxy) is 1. The number of carbonyl (C=O) groups excluding carboxylic acids is 1. The number of hydrogen-bond donors (Lipinski definition) is 1. The van der Waals surface area contributed by atoms with Gasteiger partial charge in [0, 0.05) is 24.7 Å². The molecule has 6 nitrogen and oxygen atoms in total. The third-order valence-corrected chi connectivity index (χ3v) is 6.81. The van der Waals surface area contributed by atoms with Crippen LogP contribution in [0.25, 0.3) is 0 Å². The second kappa shape index (κ2) is 9.15. The van der Waals surface area contributed by atoms with E-state index in [1.165, 1.54) is 4.31 Å². The van der Waals surface area contributed by atoms with E-state index in [1.54, 1.807) is 69.4 Å². The minimum atomic E-state index is -3.53. The van der Waals surface area contributed by atoms with Crippen molar-refractivity contribution >= 4 is 27.5 Å². The van der Waals surface area contributed by atoms with E-state index in [1.807, 2.05) is 13.8 Å². The van der Waals surface area contributed by atoms with E-state index in [0.29, 0.717) is 10.8 Å². The van der Waals surface area contributed by atoms with E-state index in [0.717, 1.165) is 5.56 Å². The lowest BCUT2D eigenvalue weighted by Crippen LogP contribution is -2.46. The molecule has 0 saturated heterocycles. The topological polar surface area (TPSA) is 75.7 Å². The van der Waals surface area contributed by atoms with Gasteiger partial charge in [0.05, 0.1) is 4.90 Å². The molecule has 1 N–H and O–H groups in total. The maximum atomic E-state index is 12.5. The number of halogens is 1. The van der Waals surface area contributed by atoms with Crippen LogP contribution in [0, 0.1) is 0 Å². The predicted molar refractivity (Wildman–Crippen MR) is 115 cm³/mol. The van der Waals surface area contributed by atoms with Crippen LogP contribution in [0.5, 0.6) is 5.75 Å². The van der Waals surface area contributed by atoms with Crippen molar-refractivity contribution in [1.82, 2.24) is 9.62 Å². The van der Waals surface area contributed by atoms with E-state index in [9.17, 15) is 13.2 Å². The second-order valence-corrected chi connectivity index (χ2v) is 9.94. The molecule has 0 aliphatic carbocycles. The van der Waals surface area contributed by atoms with Crippen LogP contribution < -0.4 is 10.1 Å². The standard InChI is InChI=1S/C21H27ClN2O4S/c1-15(2)24(5)29(26,27)19-12-6-16(7-13-19)14-23-20(25)21(3,4)28-18-10-8-17(22)9-11-18/h6-13,15H,14H2,1-5H3,(H,23,25). The smallest absolute Gasteiger partial charge is 0.263 e. The fourth-order valence-corrected chi connectivity index (χ4v) is 3.96. The van der Waals surface area contributed by atoms with Crippen molar-refractivity contribution in [3.05, 3.63) is 59.1 Å². The van der Waals surface area contributed by atoms with E-state index in [2.05, 4.69) is 5.32 Å². The lowest BCUT2D eigenvalue weighted by Gasteiger charge is -2.25. The molecule has 0 spiro atoms. The monoisotopic (exact) mass is 438 g/mol. The van der Waals surface area contributed by atoms with Crippen molar-refractivity contribution in [3.8, 4) is 5.75 Å². The van der Waals surface area contributed by atoms with Gasteiger partial charge in [-0.1, -0.05) is 23.7 Å². The summed E-state index contributed by atoms with van der Waals surface area (Å²) in [6.45, 7) is 7.24. The quantitative estimate of drug-likeness (QED) is 0.679. The van der Waals surface area contributed by atoms with E-state index < -0.39 is 15.6 Å². The Morgan fingerprint density at radius 3 is 2.17 bits per heavy atom. The van der Waals surface area contributed by atoms with Crippen molar-refractivity contribution in [3.63, 3.8) is 0 Å². The lowest BCUT2D eigenvalue weighted by molar-refractivity contribution is -0.134. The molecule has 0 unspecified atom stereocenters. The lowest BCUT2D eigenvalue weighted by atomic mass is 10.1. The molecule has 1 amide bonds. The zero-order valence-electron chi connectivity index (χ0n) is 17.3. The van der Waals surface area contributed by atoms with Crippen molar-refractivity contribution < 1.29 is 17.9 Å². The minimum absolute atomic E-state index is 0.137. The summed E-state index contributed by atoms with van der Waals surface area (Å²) in [7, 11) is -1.98. The van der Waals surface area contributed by atoms with Gasteiger partial charge in [0.15, 0.2) is 5.60 Å². The summed E-state index contributed by atoms with van der Waals surface area (Å²) in [5, 5.41) is 3.41. The number of carbonyl (C=O) groups is 1. The van der Waals surface area contributed by atoms with Gasteiger partial charge in [0.25, 0.3) is 5.91 Å². The van der Waals surface area contributed by atoms with Crippen LogP contribution in [0.15, 0.2) is 53.4 Å². The maximum Gasteiger partial charge on any atom is 0.263 e. The van der Waals surface area contributed by atoms with Crippen molar-refractivity contribution in [2.45, 2.75) is 50.8 Å². The highest BCUT2D eigenvalue weighted by Gasteiger charge is 2.29. The highest BCUT2D eigenvalue weighted by Crippen LogP contribution is 2.21. The summed E-state index contributed by atoms with van der Waals surface area (Å²) in [6.07, 6.45) is 0. The van der Waals surface area contributed by atoms with Gasteiger partial charge in [-0.3, -0.25) is 4.79 Å². The Hall–Kier alpha value is -2.09. The molecule has 29 heavy (non-hydrogen) atoms. The molecule has 158 valence electrons. The second-order valence-electron chi connectivity index (χ2n) is 7.51. The molecule has 0 aliphatic rings. The molecular weight excluding hydrogens is 412 g/mol. The molecular formula is C21H27ClN2O4S. The molecule has 0 radical (unpaired) electrons. The molecule has 2 aromatic rings. The third kappa shape index (κ3) is 5.95. The molecule has 0 fully saturated rings. The van der Waals surface area contributed by atoms with Crippen molar-refractivity contribution in [1.29, 1.82) is 0 Å². The first-order chi connectivity index (χ1) is 13.4. The Bertz CT molecular complexity index is 940. The van der Waals surface area contributed by atoms with E-state index >= 15 is 0 Å². The van der Waals surface area contributed by atoms with Gasteiger partial charge in [0.2, 0.25) is 10.0 Å². The van der Waals surface area contributed by atoms with E-state index in [4.69, 9.17) is 16.3 Å². The molecule has 0 aromatic heterocycles. The number of amides is 1. The Kier molecular flexibility index (Phi) is 7.32. The van der Waals surface area contributed by atoms with Crippen molar-refractivity contribution in [2.24, 2.45) is 0 Å². The van der Waals surface area contributed by atoms with Gasteiger partial charge in [-0.25, -0.2) is 8.42 Å². The number of hydrogen-bond acceptors (Lipinski definition) is 4. The van der Waals surface area contributed by atoms with Crippen LogP contribution in [-0.2, 0) is 21.4 Å². The van der Waals surface area contributed by atoms with E-state index in [-0.39, 0.29) is 23.4 Å². The molecule has 0 saturated carbocycles. The summed E-state index contributed by atoms with van der Waals surface area (Å²) in [5.74, 6) is 0.252. The highest BCUT2D eigenvalue weighted by atomic mass is 35.5. The number of benzene rings is 2. The van der Waals surface area contributed by atoms with Crippen LogP contribution in [0.4, 0.5) is 0 Å². The average Bonchev–Trinajstić information content (AvgIpc) is 2.67. The first-order valence-electron chi connectivity index (χ1n) is 9.23. The van der Waals surface area contributed by atoms with Gasteiger partial charge in [-0.15, -0.1) is 0 Å². The van der Waals surface area contributed by atoms with Gasteiger partial charge >= 0.3 is 0 Å². The number of rotatable bonds is 8. The fraction of sp³-hybridized carbons (Fsp3) is 0.381. The molecule has 2 aromatic carbocycles. The van der Waals surface area contributed by atoms with Gasteiger partial charge in [-0.2, -0.15) is 4.31 Å². The first-order valence-corrected chi connectivity index (χ1v) is 11.0. The SMILES string of the molecule is CC(C)N(C)S(=O)(=O)c1ccc(CNC(=O)C(C)(C)Oc2ccc(Cl)cc2)cc1. The molecule has 0 atom stereocenters. The highest BCUT2D eigenvalue weighted by molar-refractivity contribution is 7.89.